The lowest BCUT2D eigenvalue weighted by Gasteiger charge is -2.15. The number of amides is 1. The van der Waals surface area contributed by atoms with E-state index in [-0.39, 0.29) is 17.4 Å². The number of hydrogen-bond acceptors (Lipinski definition) is 5. The summed E-state index contributed by atoms with van der Waals surface area (Å²) in [5, 5.41) is 25.8. The van der Waals surface area contributed by atoms with Crippen LogP contribution >= 0.6 is 22.6 Å². The second-order valence-corrected chi connectivity index (χ2v) is 6.55. The minimum absolute atomic E-state index is 0.0422. The van der Waals surface area contributed by atoms with Crippen LogP contribution < -0.4 is 10.7 Å². The van der Waals surface area contributed by atoms with Crippen LogP contribution in [-0.4, -0.2) is 28.4 Å². The van der Waals surface area contributed by atoms with E-state index in [1.165, 1.54) is 24.4 Å². The molecule has 0 radical (unpaired) electrons. The second kappa shape index (κ2) is 8.00. The SMILES string of the molecule is Cc1cc(I)ccc1NC(C)C(=O)N/N=C/c1ccc(O)cc1O. The van der Waals surface area contributed by atoms with E-state index in [2.05, 4.69) is 38.4 Å². The van der Waals surface area contributed by atoms with Gasteiger partial charge in [-0.15, -0.1) is 0 Å². The number of anilines is 1. The standard InChI is InChI=1S/C17H18IN3O3/c1-10-7-13(18)4-6-15(10)20-11(2)17(24)21-19-9-12-3-5-14(22)8-16(12)23/h3-9,11,20,22-23H,1-2H3,(H,21,24)/b19-9+. The van der Waals surface area contributed by atoms with Gasteiger partial charge in [0.1, 0.15) is 17.5 Å². The van der Waals surface area contributed by atoms with Crippen LogP contribution in [0.1, 0.15) is 18.1 Å². The van der Waals surface area contributed by atoms with Gasteiger partial charge in [0.25, 0.3) is 5.91 Å². The molecule has 0 aliphatic rings. The van der Waals surface area contributed by atoms with Crippen LogP contribution in [0.2, 0.25) is 0 Å². The Labute approximate surface area is 153 Å². The highest BCUT2D eigenvalue weighted by molar-refractivity contribution is 14.1. The predicted octanol–water partition coefficient (Wildman–Crippen LogP) is 2.96. The summed E-state index contributed by atoms with van der Waals surface area (Å²) >= 11 is 2.24. The molecule has 2 aromatic rings. The van der Waals surface area contributed by atoms with E-state index in [1.807, 2.05) is 25.1 Å². The Morgan fingerprint density at radius 2 is 2.00 bits per heavy atom. The maximum atomic E-state index is 12.1. The average molecular weight is 439 g/mol. The van der Waals surface area contributed by atoms with E-state index in [0.717, 1.165) is 14.8 Å². The van der Waals surface area contributed by atoms with E-state index in [9.17, 15) is 15.0 Å². The van der Waals surface area contributed by atoms with E-state index in [4.69, 9.17) is 0 Å². The maximum Gasteiger partial charge on any atom is 0.262 e. The van der Waals surface area contributed by atoms with Crippen molar-refractivity contribution in [3.8, 4) is 11.5 Å². The van der Waals surface area contributed by atoms with E-state index < -0.39 is 6.04 Å². The van der Waals surface area contributed by atoms with Gasteiger partial charge in [-0.05, 0) is 72.3 Å². The summed E-state index contributed by atoms with van der Waals surface area (Å²) in [6.45, 7) is 3.71. The fourth-order valence-corrected chi connectivity index (χ4v) is 2.64. The van der Waals surface area contributed by atoms with Gasteiger partial charge in [0.15, 0.2) is 0 Å². The van der Waals surface area contributed by atoms with Gasteiger partial charge in [-0.2, -0.15) is 5.10 Å². The van der Waals surface area contributed by atoms with Gasteiger partial charge in [0, 0.05) is 20.9 Å². The van der Waals surface area contributed by atoms with Crippen LogP contribution in [0.25, 0.3) is 0 Å². The van der Waals surface area contributed by atoms with Gasteiger partial charge in [0.2, 0.25) is 0 Å². The molecule has 1 unspecified atom stereocenters. The zero-order valence-electron chi connectivity index (χ0n) is 13.2. The van der Waals surface area contributed by atoms with Crippen LogP contribution in [0.15, 0.2) is 41.5 Å². The molecule has 1 atom stereocenters. The van der Waals surface area contributed by atoms with Crippen molar-refractivity contribution in [3.63, 3.8) is 0 Å². The fraction of sp³-hybridized carbons (Fsp3) is 0.176. The van der Waals surface area contributed by atoms with E-state index in [0.29, 0.717) is 5.56 Å². The fourth-order valence-electron chi connectivity index (χ4n) is 1.99. The third-order valence-corrected chi connectivity index (χ3v) is 4.02. The molecule has 0 bridgehead atoms. The Balaban J connectivity index is 1.95. The van der Waals surface area contributed by atoms with Crippen molar-refractivity contribution in [1.82, 2.24) is 5.43 Å². The minimum Gasteiger partial charge on any atom is -0.508 e. The number of rotatable bonds is 5. The largest absolute Gasteiger partial charge is 0.508 e. The Morgan fingerprint density at radius 1 is 1.25 bits per heavy atom. The molecule has 0 saturated heterocycles. The summed E-state index contributed by atoms with van der Waals surface area (Å²) in [6.07, 6.45) is 1.32. The molecule has 0 heterocycles. The van der Waals surface area contributed by atoms with E-state index in [1.54, 1.807) is 6.92 Å². The highest BCUT2D eigenvalue weighted by atomic mass is 127. The van der Waals surface area contributed by atoms with Crippen molar-refractivity contribution in [3.05, 3.63) is 51.1 Å². The van der Waals surface area contributed by atoms with Crippen molar-refractivity contribution >= 4 is 40.4 Å². The topological polar surface area (TPSA) is 94.0 Å². The molecule has 1 amide bonds. The van der Waals surface area contributed by atoms with Gasteiger partial charge in [0.05, 0.1) is 6.21 Å². The van der Waals surface area contributed by atoms with Crippen molar-refractivity contribution < 1.29 is 15.0 Å². The van der Waals surface area contributed by atoms with Gasteiger partial charge in [-0.1, -0.05) is 0 Å². The van der Waals surface area contributed by atoms with Crippen molar-refractivity contribution in [1.29, 1.82) is 0 Å². The Morgan fingerprint density at radius 3 is 2.67 bits per heavy atom. The number of nitrogens with zero attached hydrogens (tertiary/aromatic N) is 1. The Bertz CT molecular complexity index is 778. The lowest BCUT2D eigenvalue weighted by molar-refractivity contribution is -0.121. The number of hydrazone groups is 1. The number of phenols is 2. The molecule has 0 aliphatic carbocycles. The lowest BCUT2D eigenvalue weighted by Crippen LogP contribution is -2.35. The summed E-state index contributed by atoms with van der Waals surface area (Å²) in [6, 6.07) is 9.56. The molecule has 2 rings (SSSR count). The molecule has 0 saturated carbocycles. The molecule has 7 heteroatoms. The average Bonchev–Trinajstić information content (AvgIpc) is 2.52. The molecule has 2 aromatic carbocycles. The summed E-state index contributed by atoms with van der Waals surface area (Å²) in [5.41, 5.74) is 4.75. The Kier molecular flexibility index (Phi) is 6.02. The first-order valence-electron chi connectivity index (χ1n) is 7.24. The van der Waals surface area contributed by atoms with Crippen LogP contribution in [0.4, 0.5) is 5.69 Å². The summed E-state index contributed by atoms with van der Waals surface area (Å²) in [5.74, 6) is -0.462. The molecule has 6 nitrogen and oxygen atoms in total. The quantitative estimate of drug-likeness (QED) is 0.328. The number of halogens is 1. The Hall–Kier alpha value is -2.29. The first-order chi connectivity index (χ1) is 11.4. The van der Waals surface area contributed by atoms with Crippen LogP contribution in [0, 0.1) is 10.5 Å². The molecule has 0 aromatic heterocycles. The first-order valence-corrected chi connectivity index (χ1v) is 8.32. The normalized spacial score (nSPS) is 12.1. The lowest BCUT2D eigenvalue weighted by atomic mass is 10.2. The third kappa shape index (κ3) is 4.85. The third-order valence-electron chi connectivity index (χ3n) is 3.35. The number of hydrogen-bond donors (Lipinski definition) is 4. The predicted molar refractivity (Wildman–Crippen MR) is 102 cm³/mol. The first kappa shape index (κ1) is 18.1. The number of nitrogens with one attached hydrogen (secondary N) is 2. The zero-order valence-corrected chi connectivity index (χ0v) is 15.4. The number of carbonyl (C=O) groups excluding carboxylic acids is 1. The van der Waals surface area contributed by atoms with Crippen LogP contribution in [-0.2, 0) is 4.79 Å². The zero-order chi connectivity index (χ0) is 17.7. The molecule has 24 heavy (non-hydrogen) atoms. The number of aryl methyl sites for hydroxylation is 1. The number of carbonyl (C=O) groups is 1. The smallest absolute Gasteiger partial charge is 0.262 e. The van der Waals surface area contributed by atoms with Crippen molar-refractivity contribution in [2.75, 3.05) is 5.32 Å². The number of phenolic OH excluding ortho intramolecular Hbond substituents is 2. The van der Waals surface area contributed by atoms with Crippen LogP contribution in [0.3, 0.4) is 0 Å². The number of benzene rings is 2. The number of aromatic hydroxyl groups is 2. The molecular formula is C17H18IN3O3. The van der Waals surface area contributed by atoms with E-state index >= 15 is 0 Å². The van der Waals surface area contributed by atoms with Gasteiger partial charge < -0.3 is 15.5 Å². The summed E-state index contributed by atoms with van der Waals surface area (Å²) in [4.78, 5) is 12.1. The van der Waals surface area contributed by atoms with Gasteiger partial charge in [-0.25, -0.2) is 5.43 Å². The molecule has 4 N–H and O–H groups in total. The molecule has 0 aliphatic heterocycles. The molecule has 0 fully saturated rings. The van der Waals surface area contributed by atoms with Gasteiger partial charge in [-0.3, -0.25) is 4.79 Å². The molecule has 0 spiro atoms. The summed E-state index contributed by atoms with van der Waals surface area (Å²) in [7, 11) is 0. The molecular weight excluding hydrogens is 421 g/mol. The minimum atomic E-state index is -0.477. The summed E-state index contributed by atoms with van der Waals surface area (Å²) < 4.78 is 1.13. The van der Waals surface area contributed by atoms with Crippen molar-refractivity contribution in [2.45, 2.75) is 19.9 Å². The monoisotopic (exact) mass is 439 g/mol. The highest BCUT2D eigenvalue weighted by Gasteiger charge is 2.12. The second-order valence-electron chi connectivity index (χ2n) is 5.30. The van der Waals surface area contributed by atoms with Crippen LogP contribution in [0.5, 0.6) is 11.5 Å². The highest BCUT2D eigenvalue weighted by Crippen LogP contribution is 2.21. The van der Waals surface area contributed by atoms with Gasteiger partial charge >= 0.3 is 0 Å². The maximum absolute atomic E-state index is 12.1. The van der Waals surface area contributed by atoms with Crippen molar-refractivity contribution in [2.24, 2.45) is 5.10 Å². The molecule has 126 valence electrons.